The number of hydrogen-bond donors (Lipinski definition) is 0. The number of carbonyl (C=O) groups is 2. The number of fused-ring (bicyclic) bond motifs is 1. The number of nitrogens with zero attached hydrogens (tertiary/aromatic N) is 7. The monoisotopic (exact) mass is 433 g/mol. The lowest BCUT2D eigenvalue weighted by molar-refractivity contribution is 0.0709. The SMILES string of the molecule is CCn1ccc(C(=O)N2CCC[C@H]2Cn2cc(C(=O)N3CCc4ccccc4C3)nn2)n1. The molecule has 1 saturated heterocycles. The summed E-state index contributed by atoms with van der Waals surface area (Å²) in [6.45, 7) is 5.22. The van der Waals surface area contributed by atoms with E-state index in [1.165, 1.54) is 11.1 Å². The van der Waals surface area contributed by atoms with E-state index >= 15 is 0 Å². The predicted molar refractivity (Wildman–Crippen MR) is 117 cm³/mol. The van der Waals surface area contributed by atoms with Gasteiger partial charge >= 0.3 is 0 Å². The molecular weight excluding hydrogens is 406 g/mol. The Morgan fingerprint density at radius 2 is 1.88 bits per heavy atom. The minimum Gasteiger partial charge on any atom is -0.333 e. The topological polar surface area (TPSA) is 89.2 Å². The predicted octanol–water partition coefficient (Wildman–Crippen LogP) is 2.00. The smallest absolute Gasteiger partial charge is 0.276 e. The highest BCUT2D eigenvalue weighted by Crippen LogP contribution is 2.22. The van der Waals surface area contributed by atoms with Crippen molar-refractivity contribution in [2.45, 2.75) is 51.9 Å². The van der Waals surface area contributed by atoms with Crippen LogP contribution in [0.25, 0.3) is 0 Å². The van der Waals surface area contributed by atoms with Crippen LogP contribution in [0.2, 0.25) is 0 Å². The fourth-order valence-corrected chi connectivity index (χ4v) is 4.62. The van der Waals surface area contributed by atoms with Gasteiger partial charge in [-0.15, -0.1) is 5.10 Å². The lowest BCUT2D eigenvalue weighted by Gasteiger charge is -2.28. The highest BCUT2D eigenvalue weighted by molar-refractivity contribution is 5.93. The second kappa shape index (κ2) is 8.57. The lowest BCUT2D eigenvalue weighted by Crippen LogP contribution is -2.38. The van der Waals surface area contributed by atoms with Crippen LogP contribution in [0, 0.1) is 0 Å². The Balaban J connectivity index is 1.25. The Hall–Kier alpha value is -3.49. The van der Waals surface area contributed by atoms with Gasteiger partial charge in [0.1, 0.15) is 5.69 Å². The van der Waals surface area contributed by atoms with Crippen LogP contribution in [0.5, 0.6) is 0 Å². The van der Waals surface area contributed by atoms with Gasteiger partial charge in [-0.3, -0.25) is 14.3 Å². The number of aryl methyl sites for hydroxylation is 1. The quantitative estimate of drug-likeness (QED) is 0.614. The van der Waals surface area contributed by atoms with Gasteiger partial charge in [0.2, 0.25) is 0 Å². The van der Waals surface area contributed by atoms with Crippen LogP contribution >= 0.6 is 0 Å². The lowest BCUT2D eigenvalue weighted by atomic mass is 10.00. The van der Waals surface area contributed by atoms with Gasteiger partial charge < -0.3 is 9.80 Å². The molecule has 0 N–H and O–H groups in total. The first-order valence-electron chi connectivity index (χ1n) is 11.2. The van der Waals surface area contributed by atoms with Gasteiger partial charge in [-0.05, 0) is 43.4 Å². The molecule has 1 aromatic carbocycles. The van der Waals surface area contributed by atoms with Crippen LogP contribution in [0.3, 0.4) is 0 Å². The molecule has 4 heterocycles. The molecule has 0 radical (unpaired) electrons. The van der Waals surface area contributed by atoms with Gasteiger partial charge in [0.15, 0.2) is 5.69 Å². The van der Waals surface area contributed by atoms with Crippen molar-refractivity contribution in [2.75, 3.05) is 13.1 Å². The van der Waals surface area contributed by atoms with Crippen molar-refractivity contribution < 1.29 is 9.59 Å². The summed E-state index contributed by atoms with van der Waals surface area (Å²) in [4.78, 5) is 29.6. The third kappa shape index (κ3) is 3.90. The van der Waals surface area contributed by atoms with Gasteiger partial charge in [-0.1, -0.05) is 29.5 Å². The number of aromatic nitrogens is 5. The van der Waals surface area contributed by atoms with Crippen LogP contribution in [-0.2, 0) is 26.1 Å². The Labute approximate surface area is 186 Å². The molecule has 2 aliphatic heterocycles. The number of carbonyl (C=O) groups excluding carboxylic acids is 2. The summed E-state index contributed by atoms with van der Waals surface area (Å²) in [6, 6.07) is 10.0. The molecule has 32 heavy (non-hydrogen) atoms. The van der Waals surface area contributed by atoms with Gasteiger partial charge in [-0.2, -0.15) is 5.10 Å². The van der Waals surface area contributed by atoms with Crippen LogP contribution in [0.15, 0.2) is 42.7 Å². The van der Waals surface area contributed by atoms with E-state index in [0.29, 0.717) is 37.6 Å². The van der Waals surface area contributed by atoms with E-state index in [9.17, 15) is 9.59 Å². The minimum atomic E-state index is -0.102. The molecule has 3 aromatic rings. The average Bonchev–Trinajstić information content (AvgIpc) is 3.59. The van der Waals surface area contributed by atoms with Crippen molar-refractivity contribution in [1.82, 2.24) is 34.6 Å². The van der Waals surface area contributed by atoms with Crippen molar-refractivity contribution in [3.63, 3.8) is 0 Å². The maximum absolute atomic E-state index is 13.0. The number of hydrogen-bond acceptors (Lipinski definition) is 5. The van der Waals surface area contributed by atoms with Gasteiger partial charge in [0.25, 0.3) is 11.8 Å². The molecule has 9 heteroatoms. The molecule has 0 aliphatic carbocycles. The molecule has 2 aliphatic rings. The summed E-state index contributed by atoms with van der Waals surface area (Å²) < 4.78 is 3.44. The molecule has 1 atom stereocenters. The second-order valence-electron chi connectivity index (χ2n) is 8.42. The maximum atomic E-state index is 13.0. The standard InChI is InChI=1S/C23H27N7O2/c1-2-28-13-10-20(25-28)23(32)30-11-5-8-19(30)15-29-16-21(24-26-29)22(31)27-12-9-17-6-3-4-7-18(17)14-27/h3-4,6-7,10,13,16,19H,2,5,8-9,11-12,14-15H2,1H3/t19-/m0/s1. The van der Waals surface area contributed by atoms with E-state index in [1.54, 1.807) is 21.6 Å². The van der Waals surface area contributed by atoms with E-state index in [0.717, 1.165) is 25.8 Å². The maximum Gasteiger partial charge on any atom is 0.276 e. The van der Waals surface area contributed by atoms with E-state index < -0.39 is 0 Å². The molecule has 2 aromatic heterocycles. The van der Waals surface area contributed by atoms with E-state index in [-0.39, 0.29) is 17.9 Å². The average molecular weight is 434 g/mol. The first kappa shape index (κ1) is 20.4. The van der Waals surface area contributed by atoms with Gasteiger partial charge in [0.05, 0.1) is 18.8 Å². The normalized spacial score (nSPS) is 18.1. The van der Waals surface area contributed by atoms with Crippen molar-refractivity contribution in [2.24, 2.45) is 0 Å². The minimum absolute atomic E-state index is 0.0146. The molecule has 9 nitrogen and oxygen atoms in total. The summed E-state index contributed by atoms with van der Waals surface area (Å²) in [7, 11) is 0. The molecule has 1 fully saturated rings. The fourth-order valence-electron chi connectivity index (χ4n) is 4.62. The third-order valence-electron chi connectivity index (χ3n) is 6.40. The number of amides is 2. The molecule has 0 spiro atoms. The van der Waals surface area contributed by atoms with Crippen LogP contribution in [0.1, 0.15) is 51.9 Å². The fraction of sp³-hybridized carbons (Fsp3) is 0.435. The number of rotatable bonds is 5. The molecule has 0 unspecified atom stereocenters. The van der Waals surface area contributed by atoms with Crippen LogP contribution in [-0.4, -0.2) is 65.5 Å². The summed E-state index contributed by atoms with van der Waals surface area (Å²) in [5.41, 5.74) is 3.31. The van der Waals surface area contributed by atoms with Crippen molar-refractivity contribution in [1.29, 1.82) is 0 Å². The van der Waals surface area contributed by atoms with Crippen molar-refractivity contribution in [3.8, 4) is 0 Å². The molecule has 5 rings (SSSR count). The zero-order valence-corrected chi connectivity index (χ0v) is 18.2. The van der Waals surface area contributed by atoms with Crippen molar-refractivity contribution in [3.05, 3.63) is 65.2 Å². The largest absolute Gasteiger partial charge is 0.333 e. The molecule has 0 saturated carbocycles. The molecule has 2 amide bonds. The Morgan fingerprint density at radius 3 is 2.69 bits per heavy atom. The Kier molecular flexibility index (Phi) is 5.46. The Morgan fingerprint density at radius 1 is 1.03 bits per heavy atom. The second-order valence-corrected chi connectivity index (χ2v) is 8.42. The zero-order chi connectivity index (χ0) is 22.1. The highest BCUT2D eigenvalue weighted by atomic mass is 16.2. The van der Waals surface area contributed by atoms with Crippen molar-refractivity contribution >= 4 is 11.8 Å². The third-order valence-corrected chi connectivity index (χ3v) is 6.40. The van der Waals surface area contributed by atoms with E-state index in [2.05, 4.69) is 27.5 Å². The molecule has 0 bridgehead atoms. The first-order chi connectivity index (χ1) is 15.6. The number of likely N-dealkylation sites (tertiary alicyclic amines) is 1. The summed E-state index contributed by atoms with van der Waals surface area (Å²) >= 11 is 0. The first-order valence-corrected chi connectivity index (χ1v) is 11.2. The Bertz CT molecular complexity index is 1130. The summed E-state index contributed by atoms with van der Waals surface area (Å²) in [6.07, 6.45) is 6.22. The van der Waals surface area contributed by atoms with E-state index in [1.807, 2.05) is 35.1 Å². The van der Waals surface area contributed by atoms with Gasteiger partial charge in [0, 0.05) is 32.4 Å². The summed E-state index contributed by atoms with van der Waals surface area (Å²) in [5.74, 6) is -0.154. The highest BCUT2D eigenvalue weighted by Gasteiger charge is 2.31. The molecule has 166 valence electrons. The number of benzene rings is 1. The van der Waals surface area contributed by atoms with Gasteiger partial charge in [-0.25, -0.2) is 4.68 Å². The van der Waals surface area contributed by atoms with Crippen LogP contribution in [0.4, 0.5) is 0 Å². The summed E-state index contributed by atoms with van der Waals surface area (Å²) in [5, 5.41) is 12.7. The van der Waals surface area contributed by atoms with Crippen LogP contribution < -0.4 is 0 Å². The molecular formula is C23H27N7O2. The van der Waals surface area contributed by atoms with E-state index in [4.69, 9.17) is 0 Å². The zero-order valence-electron chi connectivity index (χ0n) is 18.2.